The Morgan fingerprint density at radius 1 is 1.10 bits per heavy atom. The van der Waals surface area contributed by atoms with Crippen LogP contribution in [0.15, 0.2) is 48.5 Å². The van der Waals surface area contributed by atoms with Crippen LogP contribution < -0.4 is 9.47 Å². The summed E-state index contributed by atoms with van der Waals surface area (Å²) in [6.07, 6.45) is 0. The number of carboxylic acid groups (broad SMARTS) is 1. The molecule has 0 bridgehead atoms. The van der Waals surface area contributed by atoms with Gasteiger partial charge in [-0.1, -0.05) is 24.3 Å². The van der Waals surface area contributed by atoms with Gasteiger partial charge in [0.25, 0.3) is 0 Å². The Labute approximate surface area is 121 Å². The number of para-hydroxylation sites is 1. The van der Waals surface area contributed by atoms with E-state index >= 15 is 0 Å². The molecule has 0 heterocycles. The second kappa shape index (κ2) is 6.56. The van der Waals surface area contributed by atoms with E-state index in [0.29, 0.717) is 5.75 Å². The molecule has 0 atom stereocenters. The van der Waals surface area contributed by atoms with Gasteiger partial charge in [-0.2, -0.15) is 0 Å². The second-order valence-corrected chi connectivity index (χ2v) is 4.38. The summed E-state index contributed by atoms with van der Waals surface area (Å²) in [5.41, 5.74) is 0.943. The van der Waals surface area contributed by atoms with Crippen LogP contribution in [-0.4, -0.2) is 23.7 Å². The van der Waals surface area contributed by atoms with Crippen molar-refractivity contribution >= 4 is 11.9 Å². The van der Waals surface area contributed by atoms with Gasteiger partial charge in [-0.05, 0) is 36.8 Å². The molecule has 0 saturated carbocycles. The smallest absolute Gasteiger partial charge is 0.349 e. The van der Waals surface area contributed by atoms with Crippen LogP contribution in [-0.2, 0) is 4.79 Å². The molecule has 108 valence electrons. The van der Waals surface area contributed by atoms with Crippen molar-refractivity contribution in [1.29, 1.82) is 0 Å². The lowest BCUT2D eigenvalue weighted by molar-refractivity contribution is -0.136. The number of carboxylic acids is 1. The van der Waals surface area contributed by atoms with Crippen molar-refractivity contribution in [3.8, 4) is 11.5 Å². The summed E-state index contributed by atoms with van der Waals surface area (Å²) < 4.78 is 10.3. The molecule has 2 rings (SSSR count). The Bertz CT molecular complexity index is 663. The Morgan fingerprint density at radius 2 is 1.86 bits per heavy atom. The highest BCUT2D eigenvalue weighted by molar-refractivity contribution is 5.92. The summed E-state index contributed by atoms with van der Waals surface area (Å²) in [6, 6.07) is 13.2. The monoisotopic (exact) mass is 286 g/mol. The van der Waals surface area contributed by atoms with Crippen molar-refractivity contribution in [2.75, 3.05) is 6.61 Å². The van der Waals surface area contributed by atoms with Crippen LogP contribution in [0.25, 0.3) is 0 Å². The first-order valence-electron chi connectivity index (χ1n) is 6.29. The van der Waals surface area contributed by atoms with Crippen molar-refractivity contribution < 1.29 is 24.2 Å². The summed E-state index contributed by atoms with van der Waals surface area (Å²) in [5, 5.41) is 8.99. The van der Waals surface area contributed by atoms with Gasteiger partial charge < -0.3 is 14.6 Å². The van der Waals surface area contributed by atoms with Crippen LogP contribution in [0.4, 0.5) is 0 Å². The zero-order valence-electron chi connectivity index (χ0n) is 11.4. The zero-order valence-corrected chi connectivity index (χ0v) is 11.4. The van der Waals surface area contributed by atoms with Gasteiger partial charge in [0.2, 0.25) is 0 Å². The molecule has 0 spiro atoms. The molecule has 0 aliphatic carbocycles. The molecule has 0 unspecified atom stereocenters. The molecule has 1 N–H and O–H groups in total. The van der Waals surface area contributed by atoms with Crippen LogP contribution in [0.1, 0.15) is 15.9 Å². The molecule has 2 aromatic carbocycles. The van der Waals surface area contributed by atoms with Crippen LogP contribution in [0.3, 0.4) is 0 Å². The lowest BCUT2D eigenvalue weighted by atomic mass is 10.2. The zero-order chi connectivity index (χ0) is 15.2. The molecule has 5 heteroatoms. The third-order valence-corrected chi connectivity index (χ3v) is 2.69. The molecular weight excluding hydrogens is 272 g/mol. The van der Waals surface area contributed by atoms with Crippen molar-refractivity contribution in [1.82, 2.24) is 0 Å². The Kier molecular flexibility index (Phi) is 4.56. The number of hydrogen-bond acceptors (Lipinski definition) is 4. The third-order valence-electron chi connectivity index (χ3n) is 2.69. The fourth-order valence-corrected chi connectivity index (χ4v) is 1.73. The molecule has 0 aliphatic rings. The highest BCUT2D eigenvalue weighted by Gasteiger charge is 2.14. The first-order valence-corrected chi connectivity index (χ1v) is 6.29. The van der Waals surface area contributed by atoms with E-state index in [0.717, 1.165) is 5.56 Å². The van der Waals surface area contributed by atoms with E-state index in [1.165, 1.54) is 12.1 Å². The Balaban J connectivity index is 1.98. The maximum absolute atomic E-state index is 11.7. The Morgan fingerprint density at radius 3 is 2.57 bits per heavy atom. The summed E-state index contributed by atoms with van der Waals surface area (Å²) >= 11 is 0. The average Bonchev–Trinajstić information content (AvgIpc) is 2.45. The van der Waals surface area contributed by atoms with Gasteiger partial charge in [0, 0.05) is 0 Å². The van der Waals surface area contributed by atoms with Crippen LogP contribution >= 0.6 is 0 Å². The predicted molar refractivity (Wildman–Crippen MR) is 75.7 cm³/mol. The predicted octanol–water partition coefficient (Wildman–Crippen LogP) is 2.68. The fraction of sp³-hybridized carbons (Fsp3) is 0.125. The minimum absolute atomic E-state index is 0.00263. The largest absolute Gasteiger partial charge is 0.482 e. The highest BCUT2D eigenvalue weighted by atomic mass is 16.6. The number of hydrogen-bond donors (Lipinski definition) is 1. The molecule has 0 amide bonds. The molecule has 0 saturated heterocycles. The Hall–Kier alpha value is -2.82. The van der Waals surface area contributed by atoms with Crippen molar-refractivity contribution in [3.05, 3.63) is 59.7 Å². The van der Waals surface area contributed by atoms with E-state index in [-0.39, 0.29) is 17.9 Å². The number of benzene rings is 2. The van der Waals surface area contributed by atoms with Gasteiger partial charge in [-0.25, -0.2) is 9.59 Å². The van der Waals surface area contributed by atoms with E-state index in [9.17, 15) is 9.59 Å². The lowest BCUT2D eigenvalue weighted by Gasteiger charge is -2.08. The summed E-state index contributed by atoms with van der Waals surface area (Å²) in [4.78, 5) is 22.7. The van der Waals surface area contributed by atoms with Crippen molar-refractivity contribution in [2.45, 2.75) is 6.92 Å². The minimum Gasteiger partial charge on any atom is -0.482 e. The van der Waals surface area contributed by atoms with Crippen LogP contribution in [0, 0.1) is 6.92 Å². The fourth-order valence-electron chi connectivity index (χ4n) is 1.73. The van der Waals surface area contributed by atoms with Gasteiger partial charge >= 0.3 is 11.9 Å². The molecular formula is C16H14O5. The number of aryl methyl sites for hydroxylation is 1. The van der Waals surface area contributed by atoms with Crippen LogP contribution in [0.5, 0.6) is 11.5 Å². The molecule has 5 nitrogen and oxygen atoms in total. The van der Waals surface area contributed by atoms with Gasteiger partial charge in [0.1, 0.15) is 17.1 Å². The van der Waals surface area contributed by atoms with E-state index in [4.69, 9.17) is 14.6 Å². The third kappa shape index (κ3) is 4.07. The molecule has 2 aromatic rings. The van der Waals surface area contributed by atoms with Crippen LogP contribution in [0.2, 0.25) is 0 Å². The quantitative estimate of drug-likeness (QED) is 0.675. The molecule has 0 aliphatic heterocycles. The number of aromatic carboxylic acids is 1. The standard InChI is InChI=1S/C16H14O5/c1-11-5-4-6-12(9-11)20-10-15(17)21-14-8-3-2-7-13(14)16(18)19/h2-9H,10H2,1H3,(H,18,19). The van der Waals surface area contributed by atoms with E-state index < -0.39 is 11.9 Å². The second-order valence-electron chi connectivity index (χ2n) is 4.38. The minimum atomic E-state index is -1.15. The summed E-state index contributed by atoms with van der Waals surface area (Å²) in [7, 11) is 0. The van der Waals surface area contributed by atoms with Crippen molar-refractivity contribution in [3.63, 3.8) is 0 Å². The number of esters is 1. The SMILES string of the molecule is Cc1cccc(OCC(=O)Oc2ccccc2C(=O)O)c1. The highest BCUT2D eigenvalue weighted by Crippen LogP contribution is 2.18. The van der Waals surface area contributed by atoms with Gasteiger partial charge in [0.05, 0.1) is 0 Å². The maximum Gasteiger partial charge on any atom is 0.349 e. The topological polar surface area (TPSA) is 72.8 Å². The first kappa shape index (κ1) is 14.6. The van der Waals surface area contributed by atoms with Crippen molar-refractivity contribution in [2.24, 2.45) is 0 Å². The average molecular weight is 286 g/mol. The lowest BCUT2D eigenvalue weighted by Crippen LogP contribution is -2.19. The van der Waals surface area contributed by atoms with Gasteiger partial charge in [-0.3, -0.25) is 0 Å². The van der Waals surface area contributed by atoms with E-state index in [1.54, 1.807) is 24.3 Å². The number of carbonyl (C=O) groups is 2. The summed E-state index contributed by atoms with van der Waals surface area (Å²) in [5.74, 6) is -1.26. The number of rotatable bonds is 5. The number of carbonyl (C=O) groups excluding carboxylic acids is 1. The molecule has 0 aromatic heterocycles. The summed E-state index contributed by atoms with van der Waals surface area (Å²) in [6.45, 7) is 1.62. The van der Waals surface area contributed by atoms with Gasteiger partial charge in [0.15, 0.2) is 6.61 Å². The molecule has 0 radical (unpaired) electrons. The molecule has 21 heavy (non-hydrogen) atoms. The van der Waals surface area contributed by atoms with E-state index in [2.05, 4.69) is 0 Å². The normalized spacial score (nSPS) is 9.95. The first-order chi connectivity index (χ1) is 10.1. The van der Waals surface area contributed by atoms with Gasteiger partial charge in [-0.15, -0.1) is 0 Å². The number of ether oxygens (including phenoxy) is 2. The maximum atomic E-state index is 11.7. The van der Waals surface area contributed by atoms with E-state index in [1.807, 2.05) is 19.1 Å². The molecule has 0 fully saturated rings.